The number of rotatable bonds is 3. The summed E-state index contributed by atoms with van der Waals surface area (Å²) in [5, 5.41) is 0.549. The van der Waals surface area contributed by atoms with E-state index in [1.54, 1.807) is 41.6 Å². The number of carbonyl (C=O) groups is 2. The summed E-state index contributed by atoms with van der Waals surface area (Å²) < 4.78 is 1.84. The topological polar surface area (TPSA) is 58.4 Å². The second-order valence-corrected chi connectivity index (χ2v) is 6.58. The summed E-state index contributed by atoms with van der Waals surface area (Å²) in [4.78, 5) is 32.9. The van der Waals surface area contributed by atoms with Gasteiger partial charge >= 0.3 is 0 Å². The average Bonchev–Trinajstić information content (AvgIpc) is 2.86. The molecule has 3 rings (SSSR count). The molecule has 0 N–H and O–H groups in total. The van der Waals surface area contributed by atoms with Gasteiger partial charge in [0.1, 0.15) is 12.4 Å². The van der Waals surface area contributed by atoms with E-state index in [2.05, 4.69) is 4.98 Å². The van der Waals surface area contributed by atoms with Gasteiger partial charge in [0, 0.05) is 49.2 Å². The zero-order chi connectivity index (χ0) is 17.8. The minimum Gasteiger partial charge on any atom is -0.339 e. The third kappa shape index (κ3) is 4.20. The molecule has 2 aromatic rings. The van der Waals surface area contributed by atoms with E-state index in [1.807, 2.05) is 16.4 Å². The Morgan fingerprint density at radius 3 is 2.64 bits per heavy atom. The Morgan fingerprint density at radius 1 is 1.16 bits per heavy atom. The van der Waals surface area contributed by atoms with Crippen molar-refractivity contribution in [2.45, 2.75) is 19.9 Å². The van der Waals surface area contributed by atoms with E-state index < -0.39 is 0 Å². The van der Waals surface area contributed by atoms with Crippen LogP contribution in [0.25, 0.3) is 0 Å². The van der Waals surface area contributed by atoms with Gasteiger partial charge in [-0.2, -0.15) is 0 Å². The lowest BCUT2D eigenvalue weighted by Gasteiger charge is -2.22. The van der Waals surface area contributed by atoms with Crippen LogP contribution in [0.2, 0.25) is 5.02 Å². The monoisotopic (exact) mass is 360 g/mol. The molecule has 1 fully saturated rings. The number of aromatic nitrogens is 2. The van der Waals surface area contributed by atoms with Crippen LogP contribution in [0.5, 0.6) is 0 Å². The number of halogens is 1. The summed E-state index contributed by atoms with van der Waals surface area (Å²) in [5.41, 5.74) is 0.585. The van der Waals surface area contributed by atoms with E-state index in [4.69, 9.17) is 11.6 Å². The molecule has 0 aliphatic carbocycles. The lowest BCUT2D eigenvalue weighted by atomic mass is 10.2. The molecule has 1 aromatic heterocycles. The molecular formula is C18H21ClN4O2. The third-order valence-electron chi connectivity index (χ3n) is 4.44. The summed E-state index contributed by atoms with van der Waals surface area (Å²) in [5.74, 6) is 0.835. The fourth-order valence-corrected chi connectivity index (χ4v) is 3.18. The van der Waals surface area contributed by atoms with E-state index >= 15 is 0 Å². The number of carbonyl (C=O) groups excluding carboxylic acids is 2. The van der Waals surface area contributed by atoms with Crippen molar-refractivity contribution in [1.29, 1.82) is 0 Å². The summed E-state index contributed by atoms with van der Waals surface area (Å²) in [6.07, 6.45) is 4.26. The zero-order valence-electron chi connectivity index (χ0n) is 14.2. The number of hydrogen-bond donors (Lipinski definition) is 0. The van der Waals surface area contributed by atoms with Gasteiger partial charge in [-0.1, -0.05) is 17.7 Å². The minimum atomic E-state index is -0.0396. The third-order valence-corrected chi connectivity index (χ3v) is 4.67. The molecule has 2 amide bonds. The van der Waals surface area contributed by atoms with E-state index in [0.29, 0.717) is 36.8 Å². The van der Waals surface area contributed by atoms with Crippen molar-refractivity contribution in [1.82, 2.24) is 19.4 Å². The number of nitrogens with zero attached hydrogens (tertiary/aromatic N) is 4. The van der Waals surface area contributed by atoms with Gasteiger partial charge < -0.3 is 14.4 Å². The quantitative estimate of drug-likeness (QED) is 0.843. The SMILES string of the molecule is Cc1nccn1CC(=O)N1CCCN(C(=O)c2cccc(Cl)c2)CC1. The molecule has 1 aliphatic heterocycles. The van der Waals surface area contributed by atoms with Crippen LogP contribution >= 0.6 is 11.6 Å². The smallest absolute Gasteiger partial charge is 0.253 e. The van der Waals surface area contributed by atoms with Crippen LogP contribution in [0.4, 0.5) is 0 Å². The number of imidazole rings is 1. The van der Waals surface area contributed by atoms with Crippen LogP contribution < -0.4 is 0 Å². The molecule has 132 valence electrons. The van der Waals surface area contributed by atoms with Gasteiger partial charge in [-0.25, -0.2) is 4.98 Å². The van der Waals surface area contributed by atoms with Gasteiger partial charge in [0.05, 0.1) is 0 Å². The Bertz CT molecular complexity index is 774. The Balaban J connectivity index is 1.61. The maximum Gasteiger partial charge on any atom is 0.253 e. The lowest BCUT2D eigenvalue weighted by Crippen LogP contribution is -2.38. The van der Waals surface area contributed by atoms with Gasteiger partial charge in [0.25, 0.3) is 5.91 Å². The van der Waals surface area contributed by atoms with Crippen LogP contribution in [0, 0.1) is 6.92 Å². The highest BCUT2D eigenvalue weighted by atomic mass is 35.5. The molecule has 1 saturated heterocycles. The highest BCUT2D eigenvalue weighted by Crippen LogP contribution is 2.14. The van der Waals surface area contributed by atoms with Crippen LogP contribution in [0.1, 0.15) is 22.6 Å². The highest BCUT2D eigenvalue weighted by molar-refractivity contribution is 6.30. The van der Waals surface area contributed by atoms with Crippen molar-refractivity contribution in [3.8, 4) is 0 Å². The van der Waals surface area contributed by atoms with E-state index in [0.717, 1.165) is 12.2 Å². The molecule has 1 aromatic carbocycles. The first-order valence-corrected chi connectivity index (χ1v) is 8.73. The molecule has 0 atom stereocenters. The number of benzene rings is 1. The standard InChI is InChI=1S/C18H21ClN4O2/c1-14-20-6-9-23(14)13-17(24)21-7-3-8-22(11-10-21)18(25)15-4-2-5-16(19)12-15/h2,4-6,9,12H,3,7-8,10-11,13H2,1H3. The number of amides is 2. The van der Waals surface area contributed by atoms with Gasteiger partial charge in [-0.05, 0) is 31.5 Å². The maximum absolute atomic E-state index is 12.6. The highest BCUT2D eigenvalue weighted by Gasteiger charge is 2.23. The Labute approximate surface area is 152 Å². The van der Waals surface area contributed by atoms with Crippen molar-refractivity contribution in [3.05, 3.63) is 53.1 Å². The summed E-state index contributed by atoms with van der Waals surface area (Å²) >= 11 is 5.97. The normalized spacial score (nSPS) is 15.1. The van der Waals surface area contributed by atoms with Gasteiger partial charge in [-0.3, -0.25) is 9.59 Å². The zero-order valence-corrected chi connectivity index (χ0v) is 14.9. The fraction of sp³-hybridized carbons (Fsp3) is 0.389. The Hall–Kier alpha value is -2.34. The molecule has 6 nitrogen and oxygen atoms in total. The van der Waals surface area contributed by atoms with E-state index in [9.17, 15) is 9.59 Å². The van der Waals surface area contributed by atoms with Crippen molar-refractivity contribution in [2.75, 3.05) is 26.2 Å². The first-order valence-electron chi connectivity index (χ1n) is 8.35. The second kappa shape index (κ2) is 7.70. The van der Waals surface area contributed by atoms with E-state index in [1.165, 1.54) is 0 Å². The molecule has 0 radical (unpaired) electrons. The molecule has 2 heterocycles. The van der Waals surface area contributed by atoms with Crippen molar-refractivity contribution in [2.24, 2.45) is 0 Å². The van der Waals surface area contributed by atoms with Gasteiger partial charge in [0.2, 0.25) is 5.91 Å². The summed E-state index contributed by atoms with van der Waals surface area (Å²) in [7, 11) is 0. The molecule has 0 unspecified atom stereocenters. The van der Waals surface area contributed by atoms with Crippen molar-refractivity contribution >= 4 is 23.4 Å². The van der Waals surface area contributed by atoms with Crippen LogP contribution in [0.3, 0.4) is 0 Å². The van der Waals surface area contributed by atoms with Gasteiger partial charge in [-0.15, -0.1) is 0 Å². The first-order chi connectivity index (χ1) is 12.0. The van der Waals surface area contributed by atoms with E-state index in [-0.39, 0.29) is 18.4 Å². The number of aryl methyl sites for hydroxylation is 1. The van der Waals surface area contributed by atoms with Crippen LogP contribution in [-0.4, -0.2) is 57.3 Å². The minimum absolute atomic E-state index is 0.0396. The summed E-state index contributed by atoms with van der Waals surface area (Å²) in [6.45, 7) is 4.53. The Kier molecular flexibility index (Phi) is 5.38. The molecule has 0 saturated carbocycles. The van der Waals surface area contributed by atoms with Gasteiger partial charge in [0.15, 0.2) is 0 Å². The Morgan fingerprint density at radius 2 is 1.92 bits per heavy atom. The molecule has 0 spiro atoms. The number of hydrogen-bond acceptors (Lipinski definition) is 3. The molecular weight excluding hydrogens is 340 g/mol. The largest absolute Gasteiger partial charge is 0.339 e. The summed E-state index contributed by atoms with van der Waals surface area (Å²) in [6, 6.07) is 6.97. The van der Waals surface area contributed by atoms with Crippen molar-refractivity contribution in [3.63, 3.8) is 0 Å². The molecule has 0 bridgehead atoms. The molecule has 7 heteroatoms. The average molecular weight is 361 g/mol. The fourth-order valence-electron chi connectivity index (χ4n) is 2.99. The predicted molar refractivity (Wildman–Crippen MR) is 95.5 cm³/mol. The van der Waals surface area contributed by atoms with Crippen LogP contribution in [0.15, 0.2) is 36.7 Å². The predicted octanol–water partition coefficient (Wildman–Crippen LogP) is 2.22. The molecule has 25 heavy (non-hydrogen) atoms. The van der Waals surface area contributed by atoms with Crippen molar-refractivity contribution < 1.29 is 9.59 Å². The lowest BCUT2D eigenvalue weighted by molar-refractivity contribution is -0.131. The maximum atomic E-state index is 12.6. The molecule has 1 aliphatic rings. The van der Waals surface area contributed by atoms with Crippen LogP contribution in [-0.2, 0) is 11.3 Å². The second-order valence-electron chi connectivity index (χ2n) is 6.14. The first kappa shape index (κ1) is 17.5.